The lowest BCUT2D eigenvalue weighted by atomic mass is 10.0. The standard InChI is InChI=1S/C17H20N2/c1-2-12-19-13-16(14-8-4-3-5-9-14)18-15-10-6-7-11-17(15)19/h3-11,16,18H,2,12-13H2,1H3. The van der Waals surface area contributed by atoms with Crippen molar-refractivity contribution in [2.75, 3.05) is 23.3 Å². The van der Waals surface area contributed by atoms with Crippen LogP contribution in [0.25, 0.3) is 0 Å². The molecule has 0 amide bonds. The number of hydrogen-bond donors (Lipinski definition) is 1. The molecular formula is C17H20N2. The molecule has 0 aromatic heterocycles. The predicted octanol–water partition coefficient (Wildman–Crippen LogP) is 4.07. The van der Waals surface area contributed by atoms with Crippen molar-refractivity contribution < 1.29 is 0 Å². The highest BCUT2D eigenvalue weighted by atomic mass is 15.2. The summed E-state index contributed by atoms with van der Waals surface area (Å²) in [7, 11) is 0. The average Bonchev–Trinajstić information content (AvgIpc) is 2.48. The zero-order valence-corrected chi connectivity index (χ0v) is 11.3. The van der Waals surface area contributed by atoms with Gasteiger partial charge >= 0.3 is 0 Å². The first-order valence-electron chi connectivity index (χ1n) is 7.04. The SMILES string of the molecule is CCCN1CC(c2ccccc2)Nc2ccccc21. The van der Waals surface area contributed by atoms with Crippen LogP contribution >= 0.6 is 0 Å². The van der Waals surface area contributed by atoms with Crippen LogP contribution in [0.15, 0.2) is 54.6 Å². The van der Waals surface area contributed by atoms with Crippen molar-refractivity contribution in [3.8, 4) is 0 Å². The summed E-state index contributed by atoms with van der Waals surface area (Å²) >= 11 is 0. The third-order valence-electron chi connectivity index (χ3n) is 3.67. The molecule has 0 bridgehead atoms. The molecule has 1 atom stereocenters. The zero-order chi connectivity index (χ0) is 13.1. The van der Waals surface area contributed by atoms with Crippen LogP contribution in [0.4, 0.5) is 11.4 Å². The lowest BCUT2D eigenvalue weighted by Gasteiger charge is -2.37. The fraction of sp³-hybridized carbons (Fsp3) is 0.294. The Hall–Kier alpha value is -1.96. The van der Waals surface area contributed by atoms with Crippen LogP contribution in [0.1, 0.15) is 24.9 Å². The van der Waals surface area contributed by atoms with Crippen molar-refractivity contribution >= 4 is 11.4 Å². The normalized spacial score (nSPS) is 17.7. The fourth-order valence-corrected chi connectivity index (χ4v) is 2.78. The molecule has 1 heterocycles. The van der Waals surface area contributed by atoms with E-state index in [1.165, 1.54) is 23.4 Å². The molecule has 0 aliphatic carbocycles. The number of anilines is 2. The minimum Gasteiger partial charge on any atom is -0.375 e. The van der Waals surface area contributed by atoms with Crippen molar-refractivity contribution in [3.63, 3.8) is 0 Å². The maximum Gasteiger partial charge on any atom is 0.0689 e. The van der Waals surface area contributed by atoms with Crippen LogP contribution in [-0.2, 0) is 0 Å². The molecule has 0 saturated carbocycles. The lowest BCUT2D eigenvalue weighted by Crippen LogP contribution is -2.37. The molecule has 1 N–H and O–H groups in total. The maximum atomic E-state index is 3.66. The number of nitrogens with one attached hydrogen (secondary N) is 1. The summed E-state index contributed by atoms with van der Waals surface area (Å²) < 4.78 is 0. The molecule has 2 nitrogen and oxygen atoms in total. The summed E-state index contributed by atoms with van der Waals surface area (Å²) in [4.78, 5) is 2.49. The first kappa shape index (κ1) is 12.1. The molecule has 0 radical (unpaired) electrons. The van der Waals surface area contributed by atoms with E-state index in [2.05, 4.69) is 71.7 Å². The number of para-hydroxylation sites is 2. The number of benzene rings is 2. The van der Waals surface area contributed by atoms with E-state index >= 15 is 0 Å². The minimum atomic E-state index is 0.377. The molecule has 2 heteroatoms. The first-order valence-corrected chi connectivity index (χ1v) is 7.04. The van der Waals surface area contributed by atoms with Gasteiger partial charge in [0.1, 0.15) is 0 Å². The van der Waals surface area contributed by atoms with E-state index in [4.69, 9.17) is 0 Å². The van der Waals surface area contributed by atoms with Crippen LogP contribution in [0, 0.1) is 0 Å². The van der Waals surface area contributed by atoms with Gasteiger partial charge in [-0.15, -0.1) is 0 Å². The highest BCUT2D eigenvalue weighted by Crippen LogP contribution is 2.35. The van der Waals surface area contributed by atoms with Crippen LogP contribution in [-0.4, -0.2) is 13.1 Å². The van der Waals surface area contributed by atoms with Gasteiger partial charge in [0.25, 0.3) is 0 Å². The predicted molar refractivity (Wildman–Crippen MR) is 81.8 cm³/mol. The Labute approximate surface area is 115 Å². The van der Waals surface area contributed by atoms with E-state index in [1.807, 2.05) is 0 Å². The molecule has 0 fully saturated rings. The second-order valence-electron chi connectivity index (χ2n) is 5.07. The number of hydrogen-bond acceptors (Lipinski definition) is 2. The van der Waals surface area contributed by atoms with E-state index in [0.717, 1.165) is 13.1 Å². The van der Waals surface area contributed by atoms with Gasteiger partial charge in [-0.25, -0.2) is 0 Å². The van der Waals surface area contributed by atoms with Gasteiger partial charge in [0, 0.05) is 13.1 Å². The Morgan fingerprint density at radius 3 is 2.58 bits per heavy atom. The second kappa shape index (κ2) is 5.35. The second-order valence-corrected chi connectivity index (χ2v) is 5.07. The summed E-state index contributed by atoms with van der Waals surface area (Å²) in [5, 5.41) is 3.66. The minimum absolute atomic E-state index is 0.377. The average molecular weight is 252 g/mol. The first-order chi connectivity index (χ1) is 9.38. The monoisotopic (exact) mass is 252 g/mol. The molecule has 1 aliphatic rings. The van der Waals surface area contributed by atoms with Crippen LogP contribution in [0.5, 0.6) is 0 Å². The van der Waals surface area contributed by atoms with Gasteiger partial charge in [-0.2, -0.15) is 0 Å². The Morgan fingerprint density at radius 1 is 1.05 bits per heavy atom. The van der Waals surface area contributed by atoms with E-state index in [1.54, 1.807) is 0 Å². The molecule has 98 valence electrons. The molecule has 0 spiro atoms. The third-order valence-corrected chi connectivity index (χ3v) is 3.67. The molecule has 0 saturated heterocycles. The van der Waals surface area contributed by atoms with Gasteiger partial charge in [-0.3, -0.25) is 0 Å². The van der Waals surface area contributed by atoms with Gasteiger partial charge in [0.05, 0.1) is 17.4 Å². The van der Waals surface area contributed by atoms with Gasteiger partial charge < -0.3 is 10.2 Å². The van der Waals surface area contributed by atoms with E-state index in [-0.39, 0.29) is 0 Å². The molecule has 1 aliphatic heterocycles. The van der Waals surface area contributed by atoms with Crippen LogP contribution in [0.3, 0.4) is 0 Å². The molecule has 3 rings (SSSR count). The van der Waals surface area contributed by atoms with Crippen LogP contribution in [0.2, 0.25) is 0 Å². The number of rotatable bonds is 3. The summed E-state index contributed by atoms with van der Waals surface area (Å²) in [6, 6.07) is 19.7. The van der Waals surface area contributed by atoms with Crippen molar-refractivity contribution in [1.29, 1.82) is 0 Å². The highest BCUT2D eigenvalue weighted by Gasteiger charge is 2.23. The van der Waals surface area contributed by atoms with Crippen molar-refractivity contribution in [2.24, 2.45) is 0 Å². The quantitative estimate of drug-likeness (QED) is 0.885. The van der Waals surface area contributed by atoms with Crippen molar-refractivity contribution in [3.05, 3.63) is 60.2 Å². The molecule has 1 unspecified atom stereocenters. The molecule has 2 aromatic rings. The number of nitrogens with zero attached hydrogens (tertiary/aromatic N) is 1. The largest absolute Gasteiger partial charge is 0.375 e. The van der Waals surface area contributed by atoms with E-state index in [9.17, 15) is 0 Å². The summed E-state index contributed by atoms with van der Waals surface area (Å²) in [6.45, 7) is 4.39. The van der Waals surface area contributed by atoms with Crippen LogP contribution < -0.4 is 10.2 Å². The summed E-state index contributed by atoms with van der Waals surface area (Å²) in [6.07, 6.45) is 1.18. The Bertz CT molecular complexity index is 536. The Balaban J connectivity index is 1.92. The topological polar surface area (TPSA) is 15.3 Å². The summed E-state index contributed by atoms with van der Waals surface area (Å²) in [5.41, 5.74) is 3.94. The number of fused-ring (bicyclic) bond motifs is 1. The third kappa shape index (κ3) is 2.43. The van der Waals surface area contributed by atoms with Gasteiger partial charge in [-0.1, -0.05) is 49.4 Å². The molecule has 2 aromatic carbocycles. The van der Waals surface area contributed by atoms with Crippen molar-refractivity contribution in [2.45, 2.75) is 19.4 Å². The summed E-state index contributed by atoms with van der Waals surface area (Å²) in [5.74, 6) is 0. The Morgan fingerprint density at radius 2 is 1.79 bits per heavy atom. The van der Waals surface area contributed by atoms with Gasteiger partial charge in [0.2, 0.25) is 0 Å². The molecule has 19 heavy (non-hydrogen) atoms. The highest BCUT2D eigenvalue weighted by molar-refractivity contribution is 5.73. The van der Waals surface area contributed by atoms with E-state index in [0.29, 0.717) is 6.04 Å². The van der Waals surface area contributed by atoms with E-state index < -0.39 is 0 Å². The Kier molecular flexibility index (Phi) is 3.41. The van der Waals surface area contributed by atoms with Gasteiger partial charge in [-0.05, 0) is 24.1 Å². The zero-order valence-electron chi connectivity index (χ0n) is 11.3. The van der Waals surface area contributed by atoms with Crippen molar-refractivity contribution in [1.82, 2.24) is 0 Å². The fourth-order valence-electron chi connectivity index (χ4n) is 2.78. The lowest BCUT2D eigenvalue weighted by molar-refractivity contribution is 0.669. The maximum absolute atomic E-state index is 3.66. The van der Waals surface area contributed by atoms with Gasteiger partial charge in [0.15, 0.2) is 0 Å². The molecular weight excluding hydrogens is 232 g/mol. The smallest absolute Gasteiger partial charge is 0.0689 e.